The highest BCUT2D eigenvalue weighted by Crippen LogP contribution is 2.31. The maximum absolute atomic E-state index is 12.1. The summed E-state index contributed by atoms with van der Waals surface area (Å²) in [7, 11) is -3.87. The van der Waals surface area contributed by atoms with Gasteiger partial charge in [-0.15, -0.1) is 11.3 Å². The smallest absolute Gasteiger partial charge is 0.339 e. The van der Waals surface area contributed by atoms with E-state index < -0.39 is 28.5 Å². The Morgan fingerprint density at radius 2 is 2.12 bits per heavy atom. The van der Waals surface area contributed by atoms with E-state index in [1.54, 1.807) is 0 Å². The number of nitrogens with one attached hydrogen (secondary N) is 1. The first-order chi connectivity index (χ1) is 12.3. The topological polar surface area (TPSA) is 125 Å². The molecule has 1 atom stereocenters. The number of carbonyl (C=O) groups is 2. The average molecular weight is 396 g/mol. The number of fused-ring (bicyclic) bond motifs is 1. The van der Waals surface area contributed by atoms with Gasteiger partial charge in [0.2, 0.25) is 10.0 Å². The van der Waals surface area contributed by atoms with Gasteiger partial charge in [-0.05, 0) is 12.1 Å². The molecular formula is C16H16N2O6S2. The zero-order chi connectivity index (χ0) is 18.7. The van der Waals surface area contributed by atoms with Crippen molar-refractivity contribution in [3.63, 3.8) is 0 Å². The number of benzene rings is 1. The number of para-hydroxylation sites is 1. The van der Waals surface area contributed by atoms with Gasteiger partial charge in [-0.25, -0.2) is 18.4 Å². The summed E-state index contributed by atoms with van der Waals surface area (Å²) in [5, 5.41) is 9.11. The Morgan fingerprint density at radius 1 is 1.35 bits per heavy atom. The van der Waals surface area contributed by atoms with Crippen LogP contribution in [-0.4, -0.2) is 33.5 Å². The fourth-order valence-corrected chi connectivity index (χ4v) is 4.09. The van der Waals surface area contributed by atoms with Gasteiger partial charge in [0, 0.05) is 17.4 Å². The number of hydrogen-bond donors (Lipinski definition) is 2. The number of sulfonamides is 1. The fourth-order valence-electron chi connectivity index (χ4n) is 2.52. The van der Waals surface area contributed by atoms with Crippen molar-refractivity contribution in [2.75, 3.05) is 13.2 Å². The summed E-state index contributed by atoms with van der Waals surface area (Å²) >= 11 is 0.812. The number of rotatable bonds is 5. The van der Waals surface area contributed by atoms with E-state index in [9.17, 15) is 18.0 Å². The molecule has 3 N–H and O–H groups in total. The predicted octanol–water partition coefficient (Wildman–Crippen LogP) is 1.19. The van der Waals surface area contributed by atoms with Crippen molar-refractivity contribution in [2.45, 2.75) is 16.7 Å². The number of esters is 1. The Kier molecular flexibility index (Phi) is 5.25. The van der Waals surface area contributed by atoms with Crippen LogP contribution in [0, 0.1) is 0 Å². The normalized spacial score (nSPS) is 16.3. The quantitative estimate of drug-likeness (QED) is 0.732. The van der Waals surface area contributed by atoms with Crippen LogP contribution in [0.15, 0.2) is 39.9 Å². The summed E-state index contributed by atoms with van der Waals surface area (Å²) in [6, 6.07) is 8.29. The van der Waals surface area contributed by atoms with Crippen LogP contribution >= 0.6 is 11.3 Å². The van der Waals surface area contributed by atoms with Gasteiger partial charge in [0.1, 0.15) is 9.96 Å². The van der Waals surface area contributed by atoms with Crippen LogP contribution < -0.4 is 15.2 Å². The standard InChI is InChI=1S/C16H16N2O6S2/c17-26(21,22)15-7-10(9-25-15)16(20)24-8-14(19)18-12-5-6-23-13-4-2-1-3-11(12)13/h1-4,7,9,12H,5-6,8H2,(H,18,19)(H2,17,21,22)/t12-/m0/s1. The van der Waals surface area contributed by atoms with E-state index >= 15 is 0 Å². The molecule has 0 spiro atoms. The average Bonchev–Trinajstić information content (AvgIpc) is 3.11. The molecule has 0 saturated heterocycles. The first kappa shape index (κ1) is 18.4. The Bertz CT molecular complexity index is 938. The zero-order valence-electron chi connectivity index (χ0n) is 13.5. The Balaban J connectivity index is 1.56. The molecule has 1 amide bonds. The lowest BCUT2D eigenvalue weighted by Crippen LogP contribution is -2.35. The van der Waals surface area contributed by atoms with Crippen molar-refractivity contribution in [2.24, 2.45) is 5.14 Å². The van der Waals surface area contributed by atoms with E-state index in [1.165, 1.54) is 5.38 Å². The van der Waals surface area contributed by atoms with Crippen molar-refractivity contribution >= 4 is 33.2 Å². The van der Waals surface area contributed by atoms with E-state index in [-0.39, 0.29) is 15.8 Å². The minimum atomic E-state index is -3.87. The third-order valence-corrected chi connectivity index (χ3v) is 6.11. The van der Waals surface area contributed by atoms with E-state index in [1.807, 2.05) is 24.3 Å². The SMILES string of the molecule is NS(=O)(=O)c1cc(C(=O)OCC(=O)N[C@H]2CCOc3ccccc32)cs1. The number of nitrogens with two attached hydrogens (primary N) is 1. The lowest BCUT2D eigenvalue weighted by atomic mass is 10.0. The molecule has 138 valence electrons. The third-order valence-electron chi connectivity index (χ3n) is 3.72. The van der Waals surface area contributed by atoms with Crippen molar-refractivity contribution in [3.8, 4) is 5.75 Å². The first-order valence-corrected chi connectivity index (χ1v) is 10.1. The minimum Gasteiger partial charge on any atom is -0.493 e. The predicted molar refractivity (Wildman–Crippen MR) is 93.4 cm³/mol. The molecule has 0 unspecified atom stereocenters. The summed E-state index contributed by atoms with van der Waals surface area (Å²) in [5.74, 6) is -0.532. The van der Waals surface area contributed by atoms with Gasteiger partial charge in [0.25, 0.3) is 5.91 Å². The molecule has 1 aliphatic heterocycles. The van der Waals surface area contributed by atoms with Gasteiger partial charge in [0.15, 0.2) is 6.61 Å². The third kappa shape index (κ3) is 4.21. The lowest BCUT2D eigenvalue weighted by Gasteiger charge is -2.26. The molecule has 0 radical (unpaired) electrons. The molecule has 2 heterocycles. The number of hydrogen-bond acceptors (Lipinski definition) is 7. The molecule has 0 saturated carbocycles. The van der Waals surface area contributed by atoms with E-state index in [0.717, 1.165) is 28.7 Å². The highest BCUT2D eigenvalue weighted by Gasteiger charge is 2.23. The van der Waals surface area contributed by atoms with Gasteiger partial charge >= 0.3 is 5.97 Å². The van der Waals surface area contributed by atoms with E-state index in [0.29, 0.717) is 13.0 Å². The minimum absolute atomic E-state index is 0.0308. The molecule has 2 aromatic rings. The molecule has 1 aliphatic rings. The zero-order valence-corrected chi connectivity index (χ0v) is 15.1. The van der Waals surface area contributed by atoms with Crippen molar-refractivity contribution in [3.05, 3.63) is 46.8 Å². The highest BCUT2D eigenvalue weighted by molar-refractivity contribution is 7.91. The number of ether oxygens (including phenoxy) is 2. The summed E-state index contributed by atoms with van der Waals surface area (Å²) in [5.41, 5.74) is 0.900. The van der Waals surface area contributed by atoms with E-state index in [4.69, 9.17) is 14.6 Å². The maximum Gasteiger partial charge on any atom is 0.339 e. The van der Waals surface area contributed by atoms with Crippen molar-refractivity contribution < 1.29 is 27.5 Å². The van der Waals surface area contributed by atoms with Crippen LogP contribution in [-0.2, 0) is 19.6 Å². The van der Waals surface area contributed by atoms with Gasteiger partial charge < -0.3 is 14.8 Å². The van der Waals surface area contributed by atoms with Crippen LogP contribution in [0.3, 0.4) is 0 Å². The number of primary sulfonamides is 1. The second-order valence-corrected chi connectivity index (χ2v) is 8.27. The molecular weight excluding hydrogens is 380 g/mol. The van der Waals surface area contributed by atoms with Crippen LogP contribution in [0.25, 0.3) is 0 Å². The molecule has 3 rings (SSSR count). The summed E-state index contributed by atoms with van der Waals surface area (Å²) in [4.78, 5) is 24.0. The summed E-state index contributed by atoms with van der Waals surface area (Å²) in [6.45, 7) is 0.00586. The van der Waals surface area contributed by atoms with Crippen LogP contribution in [0.4, 0.5) is 0 Å². The summed E-state index contributed by atoms with van der Waals surface area (Å²) < 4.78 is 32.8. The Morgan fingerprint density at radius 3 is 2.85 bits per heavy atom. The molecule has 26 heavy (non-hydrogen) atoms. The molecule has 10 heteroatoms. The van der Waals surface area contributed by atoms with Crippen LogP contribution in [0.1, 0.15) is 28.4 Å². The number of carbonyl (C=O) groups excluding carboxylic acids is 2. The Hall–Kier alpha value is -2.43. The first-order valence-electron chi connectivity index (χ1n) is 7.64. The second kappa shape index (κ2) is 7.44. The largest absolute Gasteiger partial charge is 0.493 e. The molecule has 0 bridgehead atoms. The number of amides is 1. The molecule has 1 aromatic carbocycles. The highest BCUT2D eigenvalue weighted by atomic mass is 32.2. The number of thiophene rings is 1. The summed E-state index contributed by atoms with van der Waals surface area (Å²) in [6.07, 6.45) is 0.610. The van der Waals surface area contributed by atoms with Gasteiger partial charge in [-0.3, -0.25) is 4.79 Å². The fraction of sp³-hybridized carbons (Fsp3) is 0.250. The second-order valence-electron chi connectivity index (χ2n) is 5.57. The van der Waals surface area contributed by atoms with Crippen LogP contribution in [0.2, 0.25) is 0 Å². The Labute approximate surface area is 154 Å². The maximum atomic E-state index is 12.1. The lowest BCUT2D eigenvalue weighted by molar-refractivity contribution is -0.125. The van der Waals surface area contributed by atoms with Crippen LogP contribution in [0.5, 0.6) is 5.75 Å². The molecule has 8 nitrogen and oxygen atoms in total. The molecule has 0 fully saturated rings. The van der Waals surface area contributed by atoms with Gasteiger partial charge in [0.05, 0.1) is 18.2 Å². The van der Waals surface area contributed by atoms with Crippen molar-refractivity contribution in [1.29, 1.82) is 0 Å². The molecule has 1 aromatic heterocycles. The molecule has 0 aliphatic carbocycles. The van der Waals surface area contributed by atoms with E-state index in [2.05, 4.69) is 5.32 Å². The monoisotopic (exact) mass is 396 g/mol. The van der Waals surface area contributed by atoms with Gasteiger partial charge in [-0.2, -0.15) is 0 Å². The van der Waals surface area contributed by atoms with Gasteiger partial charge in [-0.1, -0.05) is 18.2 Å². The van der Waals surface area contributed by atoms with Crippen molar-refractivity contribution in [1.82, 2.24) is 5.32 Å².